The smallest absolute Gasteiger partial charge is 0.0717 e. The minimum absolute atomic E-state index is 0.593. The summed E-state index contributed by atoms with van der Waals surface area (Å²) in [6, 6.07) is 15.6. The number of nitrogens with two attached hydrogens (primary N) is 1. The molecule has 0 fully saturated rings. The molecule has 94 valence electrons. The van der Waals surface area contributed by atoms with E-state index < -0.39 is 0 Å². The molecule has 2 aromatic rings. The molecule has 0 saturated heterocycles. The van der Waals surface area contributed by atoms with Crippen LogP contribution in [-0.2, 0) is 17.8 Å². The molecular weight excluding hydrogens is 246 g/mol. The van der Waals surface area contributed by atoms with Gasteiger partial charge in [0.05, 0.1) is 13.2 Å². The minimum Gasteiger partial charge on any atom is -0.399 e. The molecule has 0 saturated carbocycles. The molecule has 0 spiro atoms. The molecule has 0 aromatic heterocycles. The van der Waals surface area contributed by atoms with Crippen molar-refractivity contribution in [1.82, 2.24) is 0 Å². The van der Waals surface area contributed by atoms with E-state index in [1.807, 2.05) is 48.5 Å². The molecule has 2 rings (SSSR count). The summed E-state index contributed by atoms with van der Waals surface area (Å²) in [7, 11) is 0. The Bertz CT molecular complexity index is 496. The van der Waals surface area contributed by atoms with Gasteiger partial charge in [-0.15, -0.1) is 0 Å². The first-order chi connectivity index (χ1) is 8.74. The molecule has 0 bridgehead atoms. The molecular formula is C15H16ClNO. The average molecular weight is 262 g/mol. The average Bonchev–Trinajstić information content (AvgIpc) is 2.37. The van der Waals surface area contributed by atoms with Crippen molar-refractivity contribution in [3.63, 3.8) is 0 Å². The van der Waals surface area contributed by atoms with E-state index in [2.05, 4.69) is 0 Å². The third kappa shape index (κ3) is 4.06. The molecule has 2 aromatic carbocycles. The first kappa shape index (κ1) is 12.9. The van der Waals surface area contributed by atoms with Crippen LogP contribution in [0.2, 0.25) is 5.02 Å². The number of nitrogen functional groups attached to an aromatic ring is 1. The van der Waals surface area contributed by atoms with Crippen LogP contribution >= 0.6 is 11.6 Å². The molecule has 0 aliphatic carbocycles. The van der Waals surface area contributed by atoms with Crippen LogP contribution in [0.1, 0.15) is 11.1 Å². The molecule has 0 aliphatic heterocycles. The van der Waals surface area contributed by atoms with Gasteiger partial charge in [-0.05, 0) is 41.8 Å². The Balaban J connectivity index is 1.74. The maximum atomic E-state index is 5.90. The van der Waals surface area contributed by atoms with Crippen molar-refractivity contribution in [2.24, 2.45) is 0 Å². The molecule has 0 radical (unpaired) electrons. The van der Waals surface area contributed by atoms with E-state index >= 15 is 0 Å². The van der Waals surface area contributed by atoms with E-state index in [4.69, 9.17) is 22.1 Å². The molecule has 3 heteroatoms. The molecule has 0 aliphatic rings. The maximum absolute atomic E-state index is 5.90. The second-order valence-corrected chi connectivity index (χ2v) is 4.61. The maximum Gasteiger partial charge on any atom is 0.0717 e. The van der Waals surface area contributed by atoms with Crippen molar-refractivity contribution in [2.75, 3.05) is 12.3 Å². The Morgan fingerprint density at radius 1 is 1.00 bits per heavy atom. The summed E-state index contributed by atoms with van der Waals surface area (Å²) >= 11 is 5.90. The fourth-order valence-corrected chi connectivity index (χ4v) is 1.90. The Kier molecular flexibility index (Phi) is 4.62. The molecule has 0 atom stereocenters. The van der Waals surface area contributed by atoms with Crippen LogP contribution in [0.3, 0.4) is 0 Å². The Labute approximate surface area is 112 Å². The third-order valence-corrected chi connectivity index (χ3v) is 2.91. The van der Waals surface area contributed by atoms with Crippen molar-refractivity contribution in [3.8, 4) is 0 Å². The number of benzene rings is 2. The lowest BCUT2D eigenvalue weighted by molar-refractivity contribution is 0.124. The third-order valence-electron chi connectivity index (χ3n) is 2.67. The molecule has 18 heavy (non-hydrogen) atoms. The lowest BCUT2D eigenvalue weighted by Crippen LogP contribution is -1.99. The van der Waals surface area contributed by atoms with Crippen LogP contribution in [0, 0.1) is 0 Å². The summed E-state index contributed by atoms with van der Waals surface area (Å²) in [6.07, 6.45) is 0.890. The molecule has 2 nitrogen and oxygen atoms in total. The van der Waals surface area contributed by atoms with Crippen LogP contribution in [-0.4, -0.2) is 6.61 Å². The number of rotatable bonds is 5. The first-order valence-electron chi connectivity index (χ1n) is 5.90. The highest BCUT2D eigenvalue weighted by atomic mass is 35.5. The van der Waals surface area contributed by atoms with Crippen molar-refractivity contribution in [2.45, 2.75) is 13.0 Å². The van der Waals surface area contributed by atoms with Gasteiger partial charge in [0.25, 0.3) is 0 Å². The lowest BCUT2D eigenvalue weighted by atomic mass is 10.1. The van der Waals surface area contributed by atoms with E-state index in [0.29, 0.717) is 13.2 Å². The minimum atomic E-state index is 0.593. The zero-order valence-electron chi connectivity index (χ0n) is 10.1. The van der Waals surface area contributed by atoms with Gasteiger partial charge in [-0.25, -0.2) is 0 Å². The quantitative estimate of drug-likeness (QED) is 0.658. The van der Waals surface area contributed by atoms with Crippen LogP contribution in [0.4, 0.5) is 5.69 Å². The van der Waals surface area contributed by atoms with Crippen molar-refractivity contribution < 1.29 is 4.74 Å². The normalized spacial score (nSPS) is 10.5. The molecule has 0 heterocycles. The standard InChI is InChI=1S/C15H16ClNO/c16-14-3-1-2-13(10-14)11-18-9-8-12-4-6-15(17)7-5-12/h1-7,10H,8-9,11,17H2. The second kappa shape index (κ2) is 6.43. The summed E-state index contributed by atoms with van der Waals surface area (Å²) in [5.41, 5.74) is 8.75. The summed E-state index contributed by atoms with van der Waals surface area (Å²) in [5, 5.41) is 0.745. The van der Waals surface area contributed by atoms with Gasteiger partial charge in [-0.2, -0.15) is 0 Å². The first-order valence-corrected chi connectivity index (χ1v) is 6.28. The van der Waals surface area contributed by atoms with Crippen LogP contribution < -0.4 is 5.73 Å². The zero-order chi connectivity index (χ0) is 12.8. The van der Waals surface area contributed by atoms with Gasteiger partial charge < -0.3 is 10.5 Å². The Morgan fingerprint density at radius 3 is 2.50 bits per heavy atom. The summed E-state index contributed by atoms with van der Waals surface area (Å²) in [5.74, 6) is 0. The molecule has 0 amide bonds. The van der Waals surface area contributed by atoms with Gasteiger partial charge in [-0.3, -0.25) is 0 Å². The fraction of sp³-hybridized carbons (Fsp3) is 0.200. The number of hydrogen-bond donors (Lipinski definition) is 1. The predicted octanol–water partition coefficient (Wildman–Crippen LogP) is 3.68. The molecule has 0 unspecified atom stereocenters. The summed E-state index contributed by atoms with van der Waals surface area (Å²) < 4.78 is 5.62. The second-order valence-electron chi connectivity index (χ2n) is 4.17. The van der Waals surface area contributed by atoms with E-state index in [1.165, 1.54) is 5.56 Å². The largest absolute Gasteiger partial charge is 0.399 e. The van der Waals surface area contributed by atoms with Gasteiger partial charge in [0, 0.05) is 10.7 Å². The number of anilines is 1. The zero-order valence-corrected chi connectivity index (χ0v) is 10.9. The van der Waals surface area contributed by atoms with Gasteiger partial charge in [0.1, 0.15) is 0 Å². The van der Waals surface area contributed by atoms with E-state index in [-0.39, 0.29) is 0 Å². The topological polar surface area (TPSA) is 35.2 Å². The van der Waals surface area contributed by atoms with Crippen LogP contribution in [0.5, 0.6) is 0 Å². The Morgan fingerprint density at radius 2 is 1.78 bits per heavy atom. The predicted molar refractivity (Wildman–Crippen MR) is 75.7 cm³/mol. The van der Waals surface area contributed by atoms with Gasteiger partial charge in [-0.1, -0.05) is 35.9 Å². The van der Waals surface area contributed by atoms with E-state index in [9.17, 15) is 0 Å². The van der Waals surface area contributed by atoms with Gasteiger partial charge >= 0.3 is 0 Å². The summed E-state index contributed by atoms with van der Waals surface area (Å²) in [6.45, 7) is 1.28. The summed E-state index contributed by atoms with van der Waals surface area (Å²) in [4.78, 5) is 0. The van der Waals surface area contributed by atoms with Crippen molar-refractivity contribution in [1.29, 1.82) is 0 Å². The highest BCUT2D eigenvalue weighted by Gasteiger charge is 1.96. The lowest BCUT2D eigenvalue weighted by Gasteiger charge is -2.05. The monoisotopic (exact) mass is 261 g/mol. The van der Waals surface area contributed by atoms with E-state index in [1.54, 1.807) is 0 Å². The van der Waals surface area contributed by atoms with Crippen LogP contribution in [0.25, 0.3) is 0 Å². The highest BCUT2D eigenvalue weighted by Crippen LogP contribution is 2.12. The van der Waals surface area contributed by atoms with Crippen molar-refractivity contribution in [3.05, 3.63) is 64.7 Å². The van der Waals surface area contributed by atoms with Gasteiger partial charge in [0.2, 0.25) is 0 Å². The SMILES string of the molecule is Nc1ccc(CCOCc2cccc(Cl)c2)cc1. The number of halogens is 1. The number of ether oxygens (including phenoxy) is 1. The number of hydrogen-bond acceptors (Lipinski definition) is 2. The van der Waals surface area contributed by atoms with Gasteiger partial charge in [0.15, 0.2) is 0 Å². The van der Waals surface area contributed by atoms with Crippen LogP contribution in [0.15, 0.2) is 48.5 Å². The fourth-order valence-electron chi connectivity index (χ4n) is 1.69. The highest BCUT2D eigenvalue weighted by molar-refractivity contribution is 6.30. The van der Waals surface area contributed by atoms with E-state index in [0.717, 1.165) is 22.7 Å². The Hall–Kier alpha value is -1.51. The molecule has 2 N–H and O–H groups in total. The van der Waals surface area contributed by atoms with Crippen molar-refractivity contribution >= 4 is 17.3 Å².